The van der Waals surface area contributed by atoms with Crippen molar-refractivity contribution in [2.45, 2.75) is 51.5 Å². The maximum absolute atomic E-state index is 13.0. The summed E-state index contributed by atoms with van der Waals surface area (Å²) in [7, 11) is 1.49. The summed E-state index contributed by atoms with van der Waals surface area (Å²) in [5.41, 5.74) is 1.11. The molecule has 3 unspecified atom stereocenters. The number of terminal acetylenes is 1. The SMILES string of the molecule is C#CN(C)CC(=O)C(CC(=O)O)NC(=O)C(CC)N1C=CNC(NCc2nonc2C)C1=O. The van der Waals surface area contributed by atoms with E-state index < -0.39 is 48.2 Å². The predicted molar refractivity (Wildman–Crippen MR) is 114 cm³/mol. The van der Waals surface area contributed by atoms with E-state index in [1.54, 1.807) is 13.8 Å². The Morgan fingerprint density at radius 2 is 2.15 bits per heavy atom. The van der Waals surface area contributed by atoms with Crippen LogP contribution in [0.15, 0.2) is 17.0 Å². The van der Waals surface area contributed by atoms with Crippen LogP contribution >= 0.6 is 0 Å². The number of rotatable bonds is 12. The number of carboxylic acid groups (broad SMARTS) is 1. The van der Waals surface area contributed by atoms with E-state index in [9.17, 15) is 19.2 Å². The zero-order chi connectivity index (χ0) is 24.5. The van der Waals surface area contributed by atoms with Crippen molar-refractivity contribution in [2.75, 3.05) is 13.6 Å². The molecule has 33 heavy (non-hydrogen) atoms. The topological polar surface area (TPSA) is 170 Å². The van der Waals surface area contributed by atoms with Crippen molar-refractivity contribution in [3.8, 4) is 12.5 Å². The van der Waals surface area contributed by atoms with Crippen molar-refractivity contribution in [3.63, 3.8) is 0 Å². The van der Waals surface area contributed by atoms with Crippen molar-refractivity contribution in [1.82, 2.24) is 36.1 Å². The molecule has 0 saturated heterocycles. The van der Waals surface area contributed by atoms with E-state index in [2.05, 4.69) is 36.9 Å². The van der Waals surface area contributed by atoms with E-state index in [0.717, 1.165) is 0 Å². The molecule has 0 spiro atoms. The van der Waals surface area contributed by atoms with Crippen LogP contribution in [0.4, 0.5) is 0 Å². The highest BCUT2D eigenvalue weighted by Gasteiger charge is 2.35. The highest BCUT2D eigenvalue weighted by molar-refractivity contribution is 5.96. The largest absolute Gasteiger partial charge is 0.481 e. The lowest BCUT2D eigenvalue weighted by molar-refractivity contribution is -0.143. The quantitative estimate of drug-likeness (QED) is 0.212. The maximum atomic E-state index is 13.0. The number of carbonyl (C=O) groups is 4. The van der Waals surface area contributed by atoms with Crippen LogP contribution in [-0.4, -0.2) is 80.6 Å². The number of nitrogens with one attached hydrogen (secondary N) is 3. The number of hydrogen-bond acceptors (Lipinski definition) is 10. The Labute approximate surface area is 190 Å². The number of aliphatic carboxylic acids is 1. The Kier molecular flexibility index (Phi) is 8.93. The third-order valence-corrected chi connectivity index (χ3v) is 4.94. The number of likely N-dealkylation sites (N-methyl/N-ethyl adjacent to an activating group) is 1. The second kappa shape index (κ2) is 11.6. The molecule has 1 aliphatic rings. The van der Waals surface area contributed by atoms with Gasteiger partial charge in [-0.15, -0.1) is 0 Å². The van der Waals surface area contributed by atoms with Crippen LogP contribution in [0.2, 0.25) is 0 Å². The second-order valence-electron chi connectivity index (χ2n) is 7.37. The van der Waals surface area contributed by atoms with Gasteiger partial charge in [-0.05, 0) is 13.3 Å². The Balaban J connectivity index is 2.09. The molecule has 2 heterocycles. The number of amides is 2. The molecular weight excluding hydrogens is 434 g/mol. The number of hydrogen-bond donors (Lipinski definition) is 4. The molecule has 13 nitrogen and oxygen atoms in total. The third-order valence-electron chi connectivity index (χ3n) is 4.94. The van der Waals surface area contributed by atoms with Crippen LogP contribution in [0.3, 0.4) is 0 Å². The first kappa shape index (κ1) is 25.3. The Morgan fingerprint density at radius 3 is 2.73 bits per heavy atom. The zero-order valence-electron chi connectivity index (χ0n) is 18.6. The Hall–Kier alpha value is -3.92. The molecule has 2 amide bonds. The summed E-state index contributed by atoms with van der Waals surface area (Å²) in [6.45, 7) is 3.37. The van der Waals surface area contributed by atoms with Gasteiger partial charge in [0, 0.05) is 32.0 Å². The number of Topliss-reactive ketones (excluding diaryl/α,β-unsaturated/α-hetero) is 1. The van der Waals surface area contributed by atoms with E-state index in [1.165, 1.54) is 29.2 Å². The van der Waals surface area contributed by atoms with Crippen molar-refractivity contribution in [2.24, 2.45) is 0 Å². The molecule has 4 N–H and O–H groups in total. The molecule has 0 bridgehead atoms. The summed E-state index contributed by atoms with van der Waals surface area (Å²) in [5.74, 6) is -2.91. The summed E-state index contributed by atoms with van der Waals surface area (Å²) >= 11 is 0. The third kappa shape index (κ3) is 6.78. The minimum Gasteiger partial charge on any atom is -0.481 e. The monoisotopic (exact) mass is 461 g/mol. The first-order valence-corrected chi connectivity index (χ1v) is 10.2. The molecule has 3 atom stereocenters. The number of aromatic nitrogens is 2. The predicted octanol–water partition coefficient (Wildman–Crippen LogP) is -1.47. The van der Waals surface area contributed by atoms with Gasteiger partial charge in [-0.2, -0.15) is 0 Å². The first-order chi connectivity index (χ1) is 15.7. The van der Waals surface area contributed by atoms with Crippen LogP contribution in [-0.2, 0) is 25.7 Å². The smallest absolute Gasteiger partial charge is 0.305 e. The molecule has 13 heteroatoms. The summed E-state index contributed by atoms with van der Waals surface area (Å²) in [6.07, 6.45) is 6.90. The lowest BCUT2D eigenvalue weighted by Crippen LogP contribution is -2.60. The molecule has 0 fully saturated rings. The minimum atomic E-state index is -1.29. The van der Waals surface area contributed by atoms with Gasteiger partial charge < -0.3 is 25.5 Å². The van der Waals surface area contributed by atoms with E-state index in [0.29, 0.717) is 11.4 Å². The summed E-state index contributed by atoms with van der Waals surface area (Å²) in [6, 6.07) is -0.0194. The van der Waals surface area contributed by atoms with Gasteiger partial charge in [0.1, 0.15) is 17.4 Å². The molecule has 1 aliphatic heterocycles. The van der Waals surface area contributed by atoms with Crippen LogP contribution in [0.25, 0.3) is 0 Å². The molecule has 0 aromatic carbocycles. The lowest BCUT2D eigenvalue weighted by Gasteiger charge is -2.34. The normalized spacial score (nSPS) is 17.0. The number of ketones is 1. The van der Waals surface area contributed by atoms with E-state index in [1.807, 2.05) is 0 Å². The minimum absolute atomic E-state index is 0.196. The summed E-state index contributed by atoms with van der Waals surface area (Å²) in [5, 5.41) is 24.9. The average Bonchev–Trinajstić information content (AvgIpc) is 3.18. The average molecular weight is 461 g/mol. The van der Waals surface area contributed by atoms with Gasteiger partial charge >= 0.3 is 5.97 Å². The highest BCUT2D eigenvalue weighted by atomic mass is 16.6. The fraction of sp³-hybridized carbons (Fsp3) is 0.500. The summed E-state index contributed by atoms with van der Waals surface area (Å²) < 4.78 is 4.63. The van der Waals surface area contributed by atoms with Gasteiger partial charge in [-0.1, -0.05) is 23.7 Å². The number of carboxylic acids is 1. The van der Waals surface area contributed by atoms with Crippen LogP contribution in [0, 0.1) is 19.4 Å². The molecule has 1 aromatic heterocycles. The van der Waals surface area contributed by atoms with Crippen molar-refractivity contribution in [1.29, 1.82) is 0 Å². The van der Waals surface area contributed by atoms with E-state index in [4.69, 9.17) is 11.5 Å². The molecule has 0 saturated carbocycles. The maximum Gasteiger partial charge on any atom is 0.305 e. The molecule has 178 valence electrons. The van der Waals surface area contributed by atoms with Gasteiger partial charge in [0.25, 0.3) is 5.91 Å². The molecule has 0 radical (unpaired) electrons. The number of aryl methyl sites for hydroxylation is 1. The Bertz CT molecular complexity index is 953. The van der Waals surface area contributed by atoms with Crippen molar-refractivity contribution in [3.05, 3.63) is 23.8 Å². The Morgan fingerprint density at radius 1 is 1.42 bits per heavy atom. The number of nitrogens with zero attached hydrogens (tertiary/aromatic N) is 4. The zero-order valence-corrected chi connectivity index (χ0v) is 18.6. The van der Waals surface area contributed by atoms with Gasteiger partial charge in [-0.25, -0.2) is 4.63 Å². The van der Waals surface area contributed by atoms with Crippen LogP contribution in [0.5, 0.6) is 0 Å². The second-order valence-corrected chi connectivity index (χ2v) is 7.37. The molecular formula is C20H27N7O6. The van der Waals surface area contributed by atoms with Gasteiger partial charge in [0.2, 0.25) is 5.91 Å². The fourth-order valence-electron chi connectivity index (χ4n) is 3.11. The molecule has 0 aliphatic carbocycles. The standard InChI is InChI=1S/C20H27N7O6/c1-5-15(19(31)23-13(9-17(29)30)16(28)11-26(4)6-2)27-8-7-21-18(20(27)32)22-10-14-12(3)24-33-25-14/h2,7-8,13,15,18,21-22H,5,9-11H2,1,3-4H3,(H,23,31)(H,29,30). The first-order valence-electron chi connectivity index (χ1n) is 10.2. The fourth-order valence-corrected chi connectivity index (χ4v) is 3.11. The van der Waals surface area contributed by atoms with Gasteiger partial charge in [0.05, 0.1) is 19.0 Å². The van der Waals surface area contributed by atoms with Crippen molar-refractivity contribution < 1.29 is 28.9 Å². The van der Waals surface area contributed by atoms with Gasteiger partial charge in [0.15, 0.2) is 11.9 Å². The molecule has 1 aromatic rings. The number of carbonyl (C=O) groups excluding carboxylic acids is 3. The molecule has 2 rings (SSSR count). The van der Waals surface area contributed by atoms with Crippen LogP contribution < -0.4 is 16.0 Å². The van der Waals surface area contributed by atoms with E-state index in [-0.39, 0.29) is 19.5 Å². The van der Waals surface area contributed by atoms with E-state index >= 15 is 0 Å². The lowest BCUT2D eigenvalue weighted by atomic mass is 10.1. The van der Waals surface area contributed by atoms with Crippen molar-refractivity contribution >= 4 is 23.6 Å². The van der Waals surface area contributed by atoms with Crippen LogP contribution in [0.1, 0.15) is 31.2 Å². The highest BCUT2D eigenvalue weighted by Crippen LogP contribution is 2.12. The summed E-state index contributed by atoms with van der Waals surface area (Å²) in [4.78, 5) is 52.1. The van der Waals surface area contributed by atoms with Gasteiger partial charge in [-0.3, -0.25) is 24.5 Å².